The van der Waals surface area contributed by atoms with Crippen LogP contribution in [0.2, 0.25) is 0 Å². The van der Waals surface area contributed by atoms with Crippen LogP contribution in [0.25, 0.3) is 0 Å². The molecule has 0 N–H and O–H groups in total. The lowest BCUT2D eigenvalue weighted by Crippen LogP contribution is -2.17. The highest BCUT2D eigenvalue weighted by Crippen LogP contribution is 1.95. The topological polar surface area (TPSA) is 3.24 Å². The van der Waals surface area contributed by atoms with E-state index in [0.717, 1.165) is 13.1 Å². The Morgan fingerprint density at radius 3 is 1.70 bits per heavy atom. The molecule has 0 saturated heterocycles. The van der Waals surface area contributed by atoms with Gasteiger partial charge in [0.05, 0.1) is 0 Å². The molecule has 0 saturated carbocycles. The number of hydrogen-bond donors (Lipinski definition) is 0. The van der Waals surface area contributed by atoms with Gasteiger partial charge in [-0.2, -0.15) is 0 Å². The Balaban J connectivity index is 3.00. The molecular weight excluding hydrogens is 122 g/mol. The largest absolute Gasteiger partial charge is 0.297 e. The molecule has 0 rings (SSSR count). The Morgan fingerprint density at radius 2 is 1.40 bits per heavy atom. The SMILES string of the molecule is [CH]N(CCCC)CCCC. The van der Waals surface area contributed by atoms with E-state index >= 15 is 0 Å². The summed E-state index contributed by atoms with van der Waals surface area (Å²) in [5.41, 5.74) is 0. The summed E-state index contributed by atoms with van der Waals surface area (Å²) >= 11 is 0. The molecule has 0 aliphatic heterocycles. The van der Waals surface area contributed by atoms with Crippen molar-refractivity contribution >= 4 is 0 Å². The van der Waals surface area contributed by atoms with E-state index in [4.69, 9.17) is 7.05 Å². The zero-order chi connectivity index (χ0) is 7.82. The van der Waals surface area contributed by atoms with E-state index in [-0.39, 0.29) is 0 Å². The normalized spacial score (nSPS) is 10.8. The van der Waals surface area contributed by atoms with Crippen molar-refractivity contribution in [3.8, 4) is 0 Å². The van der Waals surface area contributed by atoms with Gasteiger partial charge < -0.3 is 0 Å². The van der Waals surface area contributed by atoms with Crippen molar-refractivity contribution in [2.24, 2.45) is 0 Å². The maximum atomic E-state index is 5.68. The van der Waals surface area contributed by atoms with Crippen LogP contribution in [-0.2, 0) is 0 Å². The van der Waals surface area contributed by atoms with E-state index in [1.165, 1.54) is 25.7 Å². The average Bonchev–Trinajstić information content (AvgIpc) is 1.97. The first kappa shape index (κ1) is 9.96. The molecule has 0 fully saturated rings. The van der Waals surface area contributed by atoms with E-state index in [1.807, 2.05) is 4.90 Å². The average molecular weight is 141 g/mol. The Bertz CT molecular complexity index is 53.7. The molecule has 0 aliphatic rings. The van der Waals surface area contributed by atoms with Crippen LogP contribution in [0.15, 0.2) is 0 Å². The Morgan fingerprint density at radius 1 is 1.00 bits per heavy atom. The highest BCUT2D eigenvalue weighted by atomic mass is 15.1. The summed E-state index contributed by atoms with van der Waals surface area (Å²) in [5, 5.41) is 0. The van der Waals surface area contributed by atoms with Gasteiger partial charge in [-0.1, -0.05) is 26.7 Å². The van der Waals surface area contributed by atoms with Crippen LogP contribution in [0.1, 0.15) is 39.5 Å². The summed E-state index contributed by atoms with van der Waals surface area (Å²) < 4.78 is 0. The second-order valence-electron chi connectivity index (χ2n) is 2.74. The molecule has 60 valence electrons. The van der Waals surface area contributed by atoms with Crippen LogP contribution in [0, 0.1) is 7.05 Å². The van der Waals surface area contributed by atoms with Gasteiger partial charge >= 0.3 is 0 Å². The lowest BCUT2D eigenvalue weighted by molar-refractivity contribution is 0.355. The van der Waals surface area contributed by atoms with Crippen molar-refractivity contribution in [3.05, 3.63) is 7.05 Å². The van der Waals surface area contributed by atoms with Crippen LogP contribution in [0.5, 0.6) is 0 Å². The molecule has 0 aliphatic carbocycles. The van der Waals surface area contributed by atoms with E-state index in [9.17, 15) is 0 Å². The lowest BCUT2D eigenvalue weighted by Gasteiger charge is -2.13. The predicted molar refractivity (Wildman–Crippen MR) is 45.7 cm³/mol. The Hall–Kier alpha value is -0.0400. The van der Waals surface area contributed by atoms with Crippen molar-refractivity contribution in [2.75, 3.05) is 13.1 Å². The Labute approximate surface area is 65.4 Å². The third kappa shape index (κ3) is 6.09. The molecule has 1 heteroatoms. The van der Waals surface area contributed by atoms with E-state index in [2.05, 4.69) is 13.8 Å². The molecule has 0 aromatic rings. The monoisotopic (exact) mass is 141 g/mol. The lowest BCUT2D eigenvalue weighted by atomic mass is 10.3. The van der Waals surface area contributed by atoms with E-state index in [1.54, 1.807) is 0 Å². The third-order valence-corrected chi connectivity index (χ3v) is 1.60. The van der Waals surface area contributed by atoms with Crippen molar-refractivity contribution in [1.29, 1.82) is 0 Å². The molecule has 0 spiro atoms. The third-order valence-electron chi connectivity index (χ3n) is 1.60. The number of nitrogens with zero attached hydrogens (tertiary/aromatic N) is 1. The minimum Gasteiger partial charge on any atom is -0.297 e. The smallest absolute Gasteiger partial charge is 0.0438 e. The van der Waals surface area contributed by atoms with Crippen molar-refractivity contribution in [1.82, 2.24) is 4.90 Å². The van der Waals surface area contributed by atoms with Crippen LogP contribution in [0.4, 0.5) is 0 Å². The molecule has 0 aromatic carbocycles. The summed E-state index contributed by atoms with van der Waals surface area (Å²) in [7, 11) is 5.68. The van der Waals surface area contributed by atoms with Gasteiger partial charge in [0.25, 0.3) is 0 Å². The maximum Gasteiger partial charge on any atom is 0.0438 e. The van der Waals surface area contributed by atoms with Gasteiger partial charge in [0.2, 0.25) is 0 Å². The molecule has 0 aromatic heterocycles. The maximum absolute atomic E-state index is 5.68. The molecular formula is C9H19N. The van der Waals surface area contributed by atoms with Crippen molar-refractivity contribution in [2.45, 2.75) is 39.5 Å². The fourth-order valence-corrected chi connectivity index (χ4v) is 0.834. The van der Waals surface area contributed by atoms with E-state index in [0.29, 0.717) is 0 Å². The minimum absolute atomic E-state index is 1.05. The number of unbranched alkanes of at least 4 members (excludes halogenated alkanes) is 2. The van der Waals surface area contributed by atoms with Gasteiger partial charge in [-0.3, -0.25) is 4.90 Å². The first-order chi connectivity index (χ1) is 4.81. The van der Waals surface area contributed by atoms with Gasteiger partial charge in [-0.05, 0) is 25.9 Å². The summed E-state index contributed by atoms with van der Waals surface area (Å²) in [5.74, 6) is 0. The van der Waals surface area contributed by atoms with Crippen LogP contribution in [-0.4, -0.2) is 18.0 Å². The number of rotatable bonds is 6. The fraction of sp³-hybridized carbons (Fsp3) is 0.889. The molecule has 10 heavy (non-hydrogen) atoms. The first-order valence-electron chi connectivity index (χ1n) is 4.30. The predicted octanol–water partition coefficient (Wildman–Crippen LogP) is 2.56. The number of hydrogen-bond acceptors (Lipinski definition) is 1. The van der Waals surface area contributed by atoms with Gasteiger partial charge in [0, 0.05) is 7.05 Å². The van der Waals surface area contributed by atoms with Gasteiger partial charge in [0.1, 0.15) is 0 Å². The Kier molecular flexibility index (Phi) is 7.04. The zero-order valence-corrected chi connectivity index (χ0v) is 7.27. The molecule has 2 radical (unpaired) electrons. The van der Waals surface area contributed by atoms with Gasteiger partial charge in [0.15, 0.2) is 0 Å². The summed E-state index contributed by atoms with van der Waals surface area (Å²) in [6, 6.07) is 0. The van der Waals surface area contributed by atoms with Crippen molar-refractivity contribution < 1.29 is 0 Å². The van der Waals surface area contributed by atoms with Gasteiger partial charge in [-0.25, -0.2) is 0 Å². The fourth-order valence-electron chi connectivity index (χ4n) is 0.834. The molecule has 0 unspecified atom stereocenters. The molecule has 1 nitrogen and oxygen atoms in total. The molecule has 0 atom stereocenters. The summed E-state index contributed by atoms with van der Waals surface area (Å²) in [6.07, 6.45) is 4.92. The highest BCUT2D eigenvalue weighted by molar-refractivity contribution is 4.53. The van der Waals surface area contributed by atoms with Crippen LogP contribution in [0.3, 0.4) is 0 Å². The minimum atomic E-state index is 1.05. The summed E-state index contributed by atoms with van der Waals surface area (Å²) in [4.78, 5) is 1.92. The van der Waals surface area contributed by atoms with E-state index < -0.39 is 0 Å². The second kappa shape index (κ2) is 7.07. The quantitative estimate of drug-likeness (QED) is 0.514. The van der Waals surface area contributed by atoms with Crippen molar-refractivity contribution in [3.63, 3.8) is 0 Å². The summed E-state index contributed by atoms with van der Waals surface area (Å²) in [6.45, 7) is 6.48. The molecule has 0 bridgehead atoms. The molecule has 0 heterocycles. The second-order valence-corrected chi connectivity index (χ2v) is 2.74. The first-order valence-corrected chi connectivity index (χ1v) is 4.30. The standard InChI is InChI=1S/C9H19N/c1-4-6-8-10(3)9-7-5-2/h3H,4-9H2,1-2H3. The van der Waals surface area contributed by atoms with Crippen LogP contribution >= 0.6 is 0 Å². The zero-order valence-electron chi connectivity index (χ0n) is 7.27. The highest BCUT2D eigenvalue weighted by Gasteiger charge is 1.94. The molecule has 0 amide bonds. The van der Waals surface area contributed by atoms with Crippen LogP contribution < -0.4 is 0 Å². The van der Waals surface area contributed by atoms with Gasteiger partial charge in [-0.15, -0.1) is 0 Å².